The van der Waals surface area contributed by atoms with Gasteiger partial charge in [0.15, 0.2) is 0 Å². The average Bonchev–Trinajstić information content (AvgIpc) is 3.18. The molecule has 5 nitrogen and oxygen atoms in total. The van der Waals surface area contributed by atoms with Crippen LogP contribution in [0.3, 0.4) is 0 Å². The highest BCUT2D eigenvalue weighted by Crippen LogP contribution is 2.12. The van der Waals surface area contributed by atoms with Gasteiger partial charge in [0.05, 0.1) is 5.92 Å². The minimum atomic E-state index is -0.601. The first-order valence-corrected chi connectivity index (χ1v) is 8.63. The fourth-order valence-corrected chi connectivity index (χ4v) is 2.98. The molecular weight excluding hydrogens is 314 g/mol. The van der Waals surface area contributed by atoms with Gasteiger partial charge in [0.25, 0.3) is 0 Å². The second kappa shape index (κ2) is 8.44. The molecule has 2 aromatic rings. The largest absolute Gasteiger partial charge is 0.344 e. The van der Waals surface area contributed by atoms with Gasteiger partial charge in [-0.1, -0.05) is 48.5 Å². The van der Waals surface area contributed by atoms with Gasteiger partial charge in [-0.15, -0.1) is 0 Å². The molecular formula is C20H23N3O2. The third-order valence-corrected chi connectivity index (χ3v) is 4.39. The molecule has 3 N–H and O–H groups in total. The highest BCUT2D eigenvalue weighted by Gasteiger charge is 2.27. The third kappa shape index (κ3) is 4.90. The molecule has 2 atom stereocenters. The van der Waals surface area contributed by atoms with E-state index in [0.717, 1.165) is 24.2 Å². The Balaban J connectivity index is 1.70. The van der Waals surface area contributed by atoms with Crippen molar-refractivity contribution in [3.63, 3.8) is 0 Å². The molecule has 0 spiro atoms. The van der Waals surface area contributed by atoms with Crippen molar-refractivity contribution in [2.75, 3.05) is 18.4 Å². The van der Waals surface area contributed by atoms with Crippen LogP contribution in [0.1, 0.15) is 12.0 Å². The second-order valence-corrected chi connectivity index (χ2v) is 6.30. The molecule has 1 aliphatic heterocycles. The summed E-state index contributed by atoms with van der Waals surface area (Å²) < 4.78 is 0. The van der Waals surface area contributed by atoms with Gasteiger partial charge in [-0.3, -0.25) is 9.59 Å². The number of para-hydroxylation sites is 1. The summed E-state index contributed by atoms with van der Waals surface area (Å²) in [4.78, 5) is 25.2. The predicted molar refractivity (Wildman–Crippen MR) is 98.1 cm³/mol. The van der Waals surface area contributed by atoms with E-state index < -0.39 is 6.04 Å². The van der Waals surface area contributed by atoms with Gasteiger partial charge in [0.2, 0.25) is 11.8 Å². The minimum absolute atomic E-state index is 0.0610. The zero-order valence-electron chi connectivity index (χ0n) is 14.1. The van der Waals surface area contributed by atoms with E-state index in [9.17, 15) is 9.59 Å². The molecule has 0 aliphatic carbocycles. The van der Waals surface area contributed by atoms with Crippen molar-refractivity contribution in [1.82, 2.24) is 10.6 Å². The Labute approximate surface area is 147 Å². The van der Waals surface area contributed by atoms with Gasteiger partial charge in [-0.05, 0) is 30.7 Å². The maximum absolute atomic E-state index is 12.7. The molecule has 1 fully saturated rings. The van der Waals surface area contributed by atoms with E-state index in [1.807, 2.05) is 60.7 Å². The maximum atomic E-state index is 12.7. The van der Waals surface area contributed by atoms with Crippen molar-refractivity contribution in [2.24, 2.45) is 5.92 Å². The number of rotatable bonds is 6. The van der Waals surface area contributed by atoms with Crippen LogP contribution >= 0.6 is 0 Å². The second-order valence-electron chi connectivity index (χ2n) is 6.30. The molecule has 2 amide bonds. The fraction of sp³-hybridized carbons (Fsp3) is 0.300. The van der Waals surface area contributed by atoms with E-state index in [-0.39, 0.29) is 17.7 Å². The van der Waals surface area contributed by atoms with Crippen LogP contribution in [0.25, 0.3) is 0 Å². The molecule has 0 saturated carbocycles. The van der Waals surface area contributed by atoms with E-state index >= 15 is 0 Å². The van der Waals surface area contributed by atoms with Crippen molar-refractivity contribution in [1.29, 1.82) is 0 Å². The monoisotopic (exact) mass is 337 g/mol. The molecule has 0 bridgehead atoms. The van der Waals surface area contributed by atoms with Crippen LogP contribution in [0.4, 0.5) is 5.69 Å². The number of carbonyl (C=O) groups excluding carboxylic acids is 2. The summed E-state index contributed by atoms with van der Waals surface area (Å²) in [5.74, 6) is -0.327. The molecule has 130 valence electrons. The number of nitrogens with one attached hydrogen (secondary N) is 3. The number of hydrogen-bond acceptors (Lipinski definition) is 3. The quantitative estimate of drug-likeness (QED) is 0.755. The Morgan fingerprint density at radius 3 is 2.36 bits per heavy atom. The number of hydrogen-bond donors (Lipinski definition) is 3. The molecule has 2 aromatic carbocycles. The maximum Gasteiger partial charge on any atom is 0.247 e. The summed E-state index contributed by atoms with van der Waals surface area (Å²) in [5.41, 5.74) is 1.74. The van der Waals surface area contributed by atoms with Gasteiger partial charge < -0.3 is 16.0 Å². The normalized spacial score (nSPS) is 17.7. The van der Waals surface area contributed by atoms with Crippen LogP contribution in [-0.4, -0.2) is 30.9 Å². The number of anilines is 1. The van der Waals surface area contributed by atoms with E-state index in [1.165, 1.54) is 0 Å². The first-order chi connectivity index (χ1) is 12.2. The lowest BCUT2D eigenvalue weighted by Crippen LogP contribution is -2.47. The topological polar surface area (TPSA) is 70.2 Å². The number of carbonyl (C=O) groups is 2. The Morgan fingerprint density at radius 1 is 1.04 bits per heavy atom. The summed E-state index contributed by atoms with van der Waals surface area (Å²) in [7, 11) is 0. The summed E-state index contributed by atoms with van der Waals surface area (Å²) >= 11 is 0. The molecule has 0 radical (unpaired) electrons. The van der Waals surface area contributed by atoms with Crippen LogP contribution in [0.5, 0.6) is 0 Å². The Bertz CT molecular complexity index is 697. The Kier molecular flexibility index (Phi) is 5.80. The summed E-state index contributed by atoms with van der Waals surface area (Å²) in [6.45, 7) is 1.52. The Hall–Kier alpha value is -2.66. The van der Waals surface area contributed by atoms with E-state index in [0.29, 0.717) is 13.0 Å². The summed E-state index contributed by atoms with van der Waals surface area (Å²) in [6.07, 6.45) is 1.27. The van der Waals surface area contributed by atoms with Crippen molar-refractivity contribution < 1.29 is 9.59 Å². The van der Waals surface area contributed by atoms with Gasteiger partial charge in [0.1, 0.15) is 6.04 Å². The lowest BCUT2D eigenvalue weighted by Gasteiger charge is -2.20. The lowest BCUT2D eigenvalue weighted by atomic mass is 10.0. The number of benzene rings is 2. The smallest absolute Gasteiger partial charge is 0.247 e. The zero-order chi connectivity index (χ0) is 17.5. The molecule has 1 saturated heterocycles. The highest BCUT2D eigenvalue weighted by molar-refractivity contribution is 5.97. The van der Waals surface area contributed by atoms with Crippen LogP contribution in [-0.2, 0) is 16.0 Å². The first-order valence-electron chi connectivity index (χ1n) is 8.63. The Morgan fingerprint density at radius 2 is 1.72 bits per heavy atom. The molecule has 2 unspecified atom stereocenters. The molecule has 3 rings (SSSR count). The molecule has 1 aliphatic rings. The van der Waals surface area contributed by atoms with Crippen LogP contribution in [0.15, 0.2) is 60.7 Å². The van der Waals surface area contributed by atoms with Crippen molar-refractivity contribution in [3.05, 3.63) is 66.2 Å². The molecule has 1 heterocycles. The van der Waals surface area contributed by atoms with E-state index in [1.54, 1.807) is 0 Å². The third-order valence-electron chi connectivity index (χ3n) is 4.39. The molecule has 0 aromatic heterocycles. The van der Waals surface area contributed by atoms with E-state index in [2.05, 4.69) is 16.0 Å². The average molecular weight is 337 g/mol. The van der Waals surface area contributed by atoms with Crippen molar-refractivity contribution >= 4 is 17.5 Å². The van der Waals surface area contributed by atoms with Gasteiger partial charge >= 0.3 is 0 Å². The first kappa shape index (κ1) is 17.2. The van der Waals surface area contributed by atoms with Crippen LogP contribution < -0.4 is 16.0 Å². The van der Waals surface area contributed by atoms with Crippen molar-refractivity contribution in [2.45, 2.75) is 18.9 Å². The van der Waals surface area contributed by atoms with Gasteiger partial charge in [0, 0.05) is 18.7 Å². The van der Waals surface area contributed by atoms with Gasteiger partial charge in [-0.25, -0.2) is 0 Å². The standard InChI is InChI=1S/C20H23N3O2/c24-19(16-11-12-21-14-16)23-18(13-15-7-3-1-4-8-15)20(25)22-17-9-5-2-6-10-17/h1-10,16,18,21H,11-14H2,(H,22,25)(H,23,24). The van der Waals surface area contributed by atoms with E-state index in [4.69, 9.17) is 0 Å². The lowest BCUT2D eigenvalue weighted by molar-refractivity contribution is -0.128. The van der Waals surface area contributed by atoms with Crippen molar-refractivity contribution in [3.8, 4) is 0 Å². The SMILES string of the molecule is O=C(NC(Cc1ccccc1)C(=O)Nc1ccccc1)C1CCNC1. The van der Waals surface area contributed by atoms with Gasteiger partial charge in [-0.2, -0.15) is 0 Å². The zero-order valence-corrected chi connectivity index (χ0v) is 14.1. The molecule has 5 heteroatoms. The van der Waals surface area contributed by atoms with Crippen LogP contribution in [0, 0.1) is 5.92 Å². The predicted octanol–water partition coefficient (Wildman–Crippen LogP) is 1.96. The minimum Gasteiger partial charge on any atom is -0.344 e. The highest BCUT2D eigenvalue weighted by atomic mass is 16.2. The number of amides is 2. The fourth-order valence-electron chi connectivity index (χ4n) is 2.98. The summed E-state index contributed by atoms with van der Waals surface area (Å²) in [5, 5.41) is 9.01. The summed E-state index contributed by atoms with van der Waals surface area (Å²) in [6, 6.07) is 18.4. The molecule has 25 heavy (non-hydrogen) atoms. The van der Waals surface area contributed by atoms with Crippen LogP contribution in [0.2, 0.25) is 0 Å².